The molecule has 1 aliphatic rings. The molecule has 184 valence electrons. The third kappa shape index (κ3) is 4.03. The highest BCUT2D eigenvalue weighted by atomic mass is 32.1. The van der Waals surface area contributed by atoms with Gasteiger partial charge in [0.1, 0.15) is 17.7 Å². The summed E-state index contributed by atoms with van der Waals surface area (Å²) in [4.78, 5) is 28.7. The lowest BCUT2D eigenvalue weighted by Gasteiger charge is -2.23. The molecule has 2 aromatic heterocycles. The summed E-state index contributed by atoms with van der Waals surface area (Å²) in [6.07, 6.45) is 0. The van der Waals surface area contributed by atoms with E-state index in [9.17, 15) is 9.59 Å². The van der Waals surface area contributed by atoms with Crippen LogP contribution >= 0.6 is 11.3 Å². The van der Waals surface area contributed by atoms with Gasteiger partial charge in [0.2, 0.25) is 10.9 Å². The molecule has 8 nitrogen and oxygen atoms in total. The van der Waals surface area contributed by atoms with Gasteiger partial charge in [0.05, 0.1) is 23.6 Å². The average Bonchev–Trinajstić information content (AvgIpc) is 3.55. The number of amides is 1. The topological polar surface area (TPSA) is 94.8 Å². The first kappa shape index (κ1) is 22.9. The molecule has 0 aliphatic carbocycles. The second-order valence-corrected chi connectivity index (χ2v) is 9.19. The Labute approximate surface area is 215 Å². The van der Waals surface area contributed by atoms with Gasteiger partial charge in [0.25, 0.3) is 5.91 Å². The number of hydrogen-bond donors (Lipinski definition) is 0. The van der Waals surface area contributed by atoms with E-state index in [0.29, 0.717) is 46.4 Å². The van der Waals surface area contributed by atoms with Crippen LogP contribution in [-0.4, -0.2) is 22.7 Å². The zero-order valence-corrected chi connectivity index (χ0v) is 20.6. The molecule has 3 heterocycles. The summed E-state index contributed by atoms with van der Waals surface area (Å²) in [6, 6.07) is 21.4. The summed E-state index contributed by atoms with van der Waals surface area (Å²) in [5.74, 6) is 0.638. The van der Waals surface area contributed by atoms with Gasteiger partial charge < -0.3 is 13.9 Å². The van der Waals surface area contributed by atoms with Crippen LogP contribution in [0.4, 0.5) is 5.13 Å². The van der Waals surface area contributed by atoms with Gasteiger partial charge in [-0.3, -0.25) is 14.5 Å². The Kier molecular flexibility index (Phi) is 5.90. The number of para-hydroxylation sites is 1. The van der Waals surface area contributed by atoms with Crippen LogP contribution in [0.3, 0.4) is 0 Å². The average molecular weight is 512 g/mol. The highest BCUT2D eigenvalue weighted by Crippen LogP contribution is 2.43. The van der Waals surface area contributed by atoms with Crippen molar-refractivity contribution in [3.8, 4) is 11.5 Å². The standard InChI is InChI=1S/C28H21N3O5S/c1-2-34-22-14-18(12-13-21(22)35-15-17-8-4-3-5-9-17)24-23-25(32)19-10-6-7-11-20(19)36-26(23)27(33)31(24)28-30-29-16-37-28/h3-14,16,24H,2,15H2,1H3. The Hall–Kier alpha value is -4.50. The van der Waals surface area contributed by atoms with E-state index in [1.807, 2.05) is 43.3 Å². The zero-order chi connectivity index (χ0) is 25.4. The highest BCUT2D eigenvalue weighted by molar-refractivity contribution is 7.13. The van der Waals surface area contributed by atoms with E-state index in [4.69, 9.17) is 13.9 Å². The number of hydrogen-bond acceptors (Lipinski definition) is 8. The van der Waals surface area contributed by atoms with Gasteiger partial charge in [-0.15, -0.1) is 10.2 Å². The third-order valence-electron chi connectivity index (χ3n) is 6.15. The zero-order valence-electron chi connectivity index (χ0n) is 19.8. The molecule has 0 spiro atoms. The minimum atomic E-state index is -0.765. The van der Waals surface area contributed by atoms with Crippen molar-refractivity contribution in [2.24, 2.45) is 0 Å². The van der Waals surface area contributed by atoms with Crippen LogP contribution in [-0.2, 0) is 6.61 Å². The largest absolute Gasteiger partial charge is 0.490 e. The van der Waals surface area contributed by atoms with E-state index in [1.54, 1.807) is 41.9 Å². The monoisotopic (exact) mass is 511 g/mol. The van der Waals surface area contributed by atoms with Gasteiger partial charge in [-0.1, -0.05) is 59.9 Å². The van der Waals surface area contributed by atoms with Crippen molar-refractivity contribution in [1.82, 2.24) is 10.2 Å². The second kappa shape index (κ2) is 9.51. The number of benzene rings is 3. The number of ether oxygens (including phenoxy) is 2. The van der Waals surface area contributed by atoms with E-state index >= 15 is 0 Å². The van der Waals surface area contributed by atoms with Gasteiger partial charge >= 0.3 is 0 Å². The van der Waals surface area contributed by atoms with Gasteiger partial charge in [0, 0.05) is 0 Å². The first-order valence-electron chi connectivity index (χ1n) is 11.7. The Morgan fingerprint density at radius 3 is 2.57 bits per heavy atom. The molecule has 5 aromatic rings. The van der Waals surface area contributed by atoms with Crippen LogP contribution < -0.4 is 19.8 Å². The molecule has 9 heteroatoms. The summed E-state index contributed by atoms with van der Waals surface area (Å²) in [5.41, 5.74) is 3.60. The van der Waals surface area contributed by atoms with Crippen LogP contribution in [0, 0.1) is 0 Å². The van der Waals surface area contributed by atoms with Crippen LogP contribution in [0.15, 0.2) is 87.5 Å². The highest BCUT2D eigenvalue weighted by Gasteiger charge is 2.45. The lowest BCUT2D eigenvalue weighted by atomic mass is 9.98. The first-order valence-corrected chi connectivity index (χ1v) is 12.6. The molecule has 0 saturated heterocycles. The smallest absolute Gasteiger partial charge is 0.297 e. The normalized spacial score (nSPS) is 14.7. The minimum absolute atomic E-state index is 0.00580. The summed E-state index contributed by atoms with van der Waals surface area (Å²) >= 11 is 1.21. The van der Waals surface area contributed by atoms with Crippen molar-refractivity contribution < 1.29 is 18.7 Å². The number of nitrogens with zero attached hydrogens (tertiary/aromatic N) is 3. The van der Waals surface area contributed by atoms with E-state index < -0.39 is 11.9 Å². The van der Waals surface area contributed by atoms with Crippen LogP contribution in [0.2, 0.25) is 0 Å². The van der Waals surface area contributed by atoms with Crippen molar-refractivity contribution in [3.63, 3.8) is 0 Å². The molecule has 0 radical (unpaired) electrons. The first-order chi connectivity index (χ1) is 18.2. The van der Waals surface area contributed by atoms with Gasteiger partial charge in [-0.2, -0.15) is 0 Å². The lowest BCUT2D eigenvalue weighted by molar-refractivity contribution is 0.0970. The molecule has 1 amide bonds. The Morgan fingerprint density at radius 2 is 1.78 bits per heavy atom. The molecule has 1 aliphatic heterocycles. The molecular weight excluding hydrogens is 490 g/mol. The molecule has 37 heavy (non-hydrogen) atoms. The van der Waals surface area contributed by atoms with Crippen LogP contribution in [0.5, 0.6) is 11.5 Å². The molecule has 6 rings (SSSR count). The van der Waals surface area contributed by atoms with E-state index in [1.165, 1.54) is 16.2 Å². The molecule has 0 fully saturated rings. The maximum absolute atomic E-state index is 13.7. The molecule has 0 N–H and O–H groups in total. The number of carbonyl (C=O) groups is 1. The molecule has 0 bridgehead atoms. The number of aromatic nitrogens is 2. The molecule has 0 saturated carbocycles. The van der Waals surface area contributed by atoms with Crippen molar-refractivity contribution >= 4 is 33.3 Å². The second-order valence-electron chi connectivity index (χ2n) is 8.38. The SMILES string of the molecule is CCOc1cc(C2c3c(oc4ccccc4c3=O)C(=O)N2c2nncs2)ccc1OCc1ccccc1. The minimum Gasteiger partial charge on any atom is -0.490 e. The fraction of sp³-hybridized carbons (Fsp3) is 0.143. The van der Waals surface area contributed by atoms with Crippen molar-refractivity contribution in [2.75, 3.05) is 11.5 Å². The molecule has 3 aromatic carbocycles. The quantitative estimate of drug-likeness (QED) is 0.290. The summed E-state index contributed by atoms with van der Waals surface area (Å²) in [7, 11) is 0. The molecule has 1 atom stereocenters. The van der Waals surface area contributed by atoms with E-state index in [2.05, 4.69) is 10.2 Å². The number of fused-ring (bicyclic) bond motifs is 2. The van der Waals surface area contributed by atoms with Crippen molar-refractivity contribution in [1.29, 1.82) is 0 Å². The van der Waals surface area contributed by atoms with Crippen molar-refractivity contribution in [2.45, 2.75) is 19.6 Å². The summed E-state index contributed by atoms with van der Waals surface area (Å²) in [5, 5.41) is 8.80. The number of anilines is 1. The predicted molar refractivity (Wildman–Crippen MR) is 139 cm³/mol. The van der Waals surface area contributed by atoms with Crippen molar-refractivity contribution in [3.05, 3.63) is 111 Å². The van der Waals surface area contributed by atoms with Crippen LogP contribution in [0.1, 0.15) is 40.2 Å². The Bertz CT molecular complexity index is 1650. The molecular formula is C28H21N3O5S. The number of carbonyl (C=O) groups excluding carboxylic acids is 1. The fourth-order valence-electron chi connectivity index (χ4n) is 4.52. The van der Waals surface area contributed by atoms with Gasteiger partial charge in [0.15, 0.2) is 16.9 Å². The maximum Gasteiger partial charge on any atom is 0.297 e. The lowest BCUT2D eigenvalue weighted by Crippen LogP contribution is -2.29. The Balaban J connectivity index is 1.47. The van der Waals surface area contributed by atoms with Gasteiger partial charge in [-0.05, 0) is 42.3 Å². The third-order valence-corrected chi connectivity index (χ3v) is 6.84. The summed E-state index contributed by atoms with van der Waals surface area (Å²) < 4.78 is 17.9. The predicted octanol–water partition coefficient (Wildman–Crippen LogP) is 5.37. The fourth-order valence-corrected chi connectivity index (χ4v) is 5.11. The maximum atomic E-state index is 13.7. The van der Waals surface area contributed by atoms with Gasteiger partial charge in [-0.25, -0.2) is 0 Å². The number of rotatable bonds is 7. The summed E-state index contributed by atoms with van der Waals surface area (Å²) in [6.45, 7) is 2.67. The van der Waals surface area contributed by atoms with Crippen LogP contribution in [0.25, 0.3) is 11.0 Å². The van der Waals surface area contributed by atoms with E-state index in [-0.39, 0.29) is 16.8 Å². The molecule has 1 unspecified atom stereocenters. The van der Waals surface area contributed by atoms with E-state index in [0.717, 1.165) is 5.56 Å². The Morgan fingerprint density at radius 1 is 0.973 bits per heavy atom.